The third-order valence-corrected chi connectivity index (χ3v) is 6.63. The van der Waals surface area contributed by atoms with E-state index in [9.17, 15) is 60.2 Å². The van der Waals surface area contributed by atoms with Crippen LogP contribution in [0, 0.1) is 0 Å². The fourth-order valence-corrected chi connectivity index (χ4v) is 4.66. The van der Waals surface area contributed by atoms with Crippen LogP contribution in [0.3, 0.4) is 0 Å². The average Bonchev–Trinajstić information content (AvgIpc) is 3.12. The molecule has 0 saturated carbocycles. The molecule has 2 aliphatic heterocycles. The molecule has 0 bridgehead atoms. The van der Waals surface area contributed by atoms with E-state index in [1.807, 2.05) is 0 Å². The summed E-state index contributed by atoms with van der Waals surface area (Å²) < 4.78 is 37.4. The number of aldehydes is 1. The molecule has 0 aromatic carbocycles. The molecule has 0 spiro atoms. The molecule has 11 N–H and O–H groups in total. The molecule has 2 aliphatic rings. The smallest absolute Gasteiger partial charge is 0.394 e. The highest BCUT2D eigenvalue weighted by molar-refractivity contribution is 7.47. The SMILES string of the molecule is O=CC(OP(=O)(O)OC1C(CO)OC(CO)(OC2OC(CO)C(O)C(O)C2O)C1O)C(O)C(O)CO. The Balaban J connectivity index is 2.23. The van der Waals surface area contributed by atoms with Crippen molar-refractivity contribution in [3.05, 3.63) is 0 Å². The molecule has 13 unspecified atom stereocenters. The molecule has 19 heteroatoms. The molecule has 36 heavy (non-hydrogen) atoms. The molecule has 0 amide bonds. The molecule has 0 radical (unpaired) electrons. The topological polar surface area (TPSA) is 303 Å². The number of carbonyl (C=O) groups is 1. The lowest BCUT2D eigenvalue weighted by Crippen LogP contribution is -2.62. The van der Waals surface area contributed by atoms with Crippen LogP contribution in [0.2, 0.25) is 0 Å². The van der Waals surface area contributed by atoms with Crippen molar-refractivity contribution >= 4 is 14.1 Å². The zero-order valence-electron chi connectivity index (χ0n) is 18.5. The van der Waals surface area contributed by atoms with E-state index in [0.29, 0.717) is 0 Å². The summed E-state index contributed by atoms with van der Waals surface area (Å²) in [5, 5.41) is 97.4. The summed E-state index contributed by atoms with van der Waals surface area (Å²) in [6.07, 6.45) is -21.6. The molecule has 18 nitrogen and oxygen atoms in total. The highest BCUT2D eigenvalue weighted by atomic mass is 31.2. The van der Waals surface area contributed by atoms with Gasteiger partial charge in [-0.1, -0.05) is 0 Å². The largest absolute Gasteiger partial charge is 0.473 e. The van der Waals surface area contributed by atoms with Crippen molar-refractivity contribution in [3.8, 4) is 0 Å². The van der Waals surface area contributed by atoms with Crippen molar-refractivity contribution in [3.63, 3.8) is 0 Å². The maximum atomic E-state index is 12.5. The van der Waals surface area contributed by atoms with Crippen molar-refractivity contribution < 1.29 is 88.6 Å². The van der Waals surface area contributed by atoms with Crippen molar-refractivity contribution in [1.29, 1.82) is 0 Å². The number of phosphoric ester groups is 1. The van der Waals surface area contributed by atoms with Crippen LogP contribution in [0.15, 0.2) is 0 Å². The Morgan fingerprint density at radius 3 is 2.08 bits per heavy atom. The van der Waals surface area contributed by atoms with Crippen molar-refractivity contribution in [2.24, 2.45) is 0 Å². The first-order valence-corrected chi connectivity index (χ1v) is 12.0. The van der Waals surface area contributed by atoms with Crippen LogP contribution in [0.5, 0.6) is 0 Å². The maximum absolute atomic E-state index is 12.5. The van der Waals surface area contributed by atoms with Crippen LogP contribution >= 0.6 is 7.82 Å². The number of phosphoric acid groups is 1. The van der Waals surface area contributed by atoms with Crippen LogP contribution in [0.25, 0.3) is 0 Å². The van der Waals surface area contributed by atoms with Crippen LogP contribution in [0.1, 0.15) is 0 Å². The quantitative estimate of drug-likeness (QED) is 0.0744. The molecule has 2 heterocycles. The highest BCUT2D eigenvalue weighted by Gasteiger charge is 2.60. The van der Waals surface area contributed by atoms with Gasteiger partial charge in [-0.3, -0.25) is 9.05 Å². The number of aliphatic hydroxyl groups is 10. The van der Waals surface area contributed by atoms with Crippen molar-refractivity contribution in [2.75, 3.05) is 26.4 Å². The van der Waals surface area contributed by atoms with E-state index in [2.05, 4.69) is 4.52 Å². The summed E-state index contributed by atoms with van der Waals surface area (Å²) in [4.78, 5) is 21.2. The van der Waals surface area contributed by atoms with Gasteiger partial charge >= 0.3 is 7.82 Å². The van der Waals surface area contributed by atoms with Crippen molar-refractivity contribution in [1.82, 2.24) is 0 Å². The van der Waals surface area contributed by atoms with Crippen LogP contribution in [0.4, 0.5) is 0 Å². The molecule has 2 saturated heterocycles. The number of hydrogen-bond acceptors (Lipinski definition) is 17. The van der Waals surface area contributed by atoms with Gasteiger partial charge in [0.15, 0.2) is 18.7 Å². The van der Waals surface area contributed by atoms with E-state index < -0.39 is 107 Å². The molecule has 212 valence electrons. The first kappa shape index (κ1) is 31.5. The predicted octanol–water partition coefficient (Wildman–Crippen LogP) is -6.97. The van der Waals surface area contributed by atoms with E-state index >= 15 is 0 Å². The van der Waals surface area contributed by atoms with Gasteiger partial charge < -0.3 is 75.0 Å². The van der Waals surface area contributed by atoms with Crippen LogP contribution in [-0.4, -0.2) is 162 Å². The van der Waals surface area contributed by atoms with Gasteiger partial charge in [-0.25, -0.2) is 4.57 Å². The molecular weight excluding hydrogens is 523 g/mol. The van der Waals surface area contributed by atoms with Gasteiger partial charge in [0.1, 0.15) is 61.5 Å². The van der Waals surface area contributed by atoms with Gasteiger partial charge in [0.2, 0.25) is 5.79 Å². The molecule has 0 aromatic heterocycles. The summed E-state index contributed by atoms with van der Waals surface area (Å²) in [5.41, 5.74) is 0. The first-order chi connectivity index (χ1) is 16.8. The molecule has 0 aromatic rings. The number of carbonyl (C=O) groups excluding carboxylic acids is 1. The van der Waals surface area contributed by atoms with E-state index in [0.717, 1.165) is 0 Å². The van der Waals surface area contributed by atoms with Crippen LogP contribution < -0.4 is 0 Å². The van der Waals surface area contributed by atoms with Gasteiger partial charge in [-0.15, -0.1) is 0 Å². The van der Waals surface area contributed by atoms with Gasteiger partial charge in [-0.2, -0.15) is 0 Å². The van der Waals surface area contributed by atoms with E-state index in [4.69, 9.17) is 23.8 Å². The van der Waals surface area contributed by atoms with E-state index in [1.54, 1.807) is 0 Å². The molecule has 2 fully saturated rings. The highest BCUT2D eigenvalue weighted by Crippen LogP contribution is 2.50. The average molecular weight is 554 g/mol. The standard InChI is InChI=1S/C17H31O18P/c18-1-6(23)10(24)8(3-20)34-36(29,30)35-14-9(4-21)32-17(5-22,15(14)28)33-16-13(27)12(26)11(25)7(2-19)31-16/h3,6-16,18-19,21-28H,1-2,4-5H2,(H,29,30). The van der Waals surface area contributed by atoms with Gasteiger partial charge in [0, 0.05) is 0 Å². The Kier molecular flexibility index (Phi) is 11.3. The lowest BCUT2D eigenvalue weighted by molar-refractivity contribution is -0.383. The lowest BCUT2D eigenvalue weighted by atomic mass is 9.99. The second kappa shape index (κ2) is 12.9. The first-order valence-electron chi connectivity index (χ1n) is 10.5. The summed E-state index contributed by atoms with van der Waals surface area (Å²) >= 11 is 0. The third kappa shape index (κ3) is 6.63. The number of rotatable bonds is 13. The van der Waals surface area contributed by atoms with E-state index in [-0.39, 0.29) is 6.29 Å². The molecule has 2 rings (SSSR count). The summed E-state index contributed by atoms with van der Waals surface area (Å²) in [6, 6.07) is 0. The predicted molar refractivity (Wildman–Crippen MR) is 107 cm³/mol. The van der Waals surface area contributed by atoms with Gasteiger partial charge in [0.05, 0.1) is 19.8 Å². The Labute approximate surface area is 203 Å². The Morgan fingerprint density at radius 1 is 0.972 bits per heavy atom. The second-order valence-corrected chi connectivity index (χ2v) is 9.41. The van der Waals surface area contributed by atoms with Crippen molar-refractivity contribution in [2.45, 2.75) is 73.1 Å². The fourth-order valence-electron chi connectivity index (χ4n) is 3.57. The lowest BCUT2D eigenvalue weighted by Gasteiger charge is -2.43. The number of ether oxygens (including phenoxy) is 3. The summed E-state index contributed by atoms with van der Waals surface area (Å²) in [5.74, 6) is -2.64. The Morgan fingerprint density at radius 2 is 1.58 bits per heavy atom. The fraction of sp³-hybridized carbons (Fsp3) is 0.941. The Hall–Kier alpha value is -0.740. The monoisotopic (exact) mass is 554 g/mol. The zero-order valence-corrected chi connectivity index (χ0v) is 19.4. The third-order valence-electron chi connectivity index (χ3n) is 5.61. The molecule has 0 aliphatic carbocycles. The van der Waals surface area contributed by atoms with Gasteiger partial charge in [0.25, 0.3) is 0 Å². The normalized spacial score (nSPS) is 41.4. The maximum Gasteiger partial charge on any atom is 0.473 e. The van der Waals surface area contributed by atoms with Gasteiger partial charge in [-0.05, 0) is 0 Å². The van der Waals surface area contributed by atoms with Crippen LogP contribution in [-0.2, 0) is 32.6 Å². The number of aliphatic hydroxyl groups excluding tert-OH is 10. The minimum Gasteiger partial charge on any atom is -0.394 e. The minimum atomic E-state index is -5.42. The molecular formula is C17H31O18P. The summed E-state index contributed by atoms with van der Waals surface area (Å²) in [7, 11) is -5.42. The van der Waals surface area contributed by atoms with E-state index in [1.165, 1.54) is 0 Å². The number of hydrogen-bond donors (Lipinski definition) is 11. The Bertz CT molecular complexity index is 755. The summed E-state index contributed by atoms with van der Waals surface area (Å²) in [6.45, 7) is -4.16. The minimum absolute atomic E-state index is 0.179. The second-order valence-electron chi connectivity index (χ2n) is 8.05. The zero-order chi connectivity index (χ0) is 27.4. The molecule has 13 atom stereocenters.